The summed E-state index contributed by atoms with van der Waals surface area (Å²) in [5.74, 6) is 0.771. The van der Waals surface area contributed by atoms with Crippen LogP contribution in [0.15, 0.2) is 0 Å². The average Bonchev–Trinajstić information content (AvgIpc) is 2.94. The van der Waals surface area contributed by atoms with E-state index in [2.05, 4.69) is 36.2 Å². The Hall–Kier alpha value is -0.580. The van der Waals surface area contributed by atoms with Gasteiger partial charge < -0.3 is 10.2 Å². The van der Waals surface area contributed by atoms with Crippen LogP contribution >= 0.6 is 11.6 Å². The van der Waals surface area contributed by atoms with Gasteiger partial charge in [-0.3, -0.25) is 4.68 Å². The maximum absolute atomic E-state index is 6.40. The van der Waals surface area contributed by atoms with E-state index in [1.165, 1.54) is 19.5 Å². The highest BCUT2D eigenvalue weighted by Crippen LogP contribution is 2.21. The van der Waals surface area contributed by atoms with E-state index < -0.39 is 0 Å². The standard InChI is InChI=1S/C14H25ClN4/c1-4-12-14(15)13(19(5-2)17-12)9-16-8-11-6-7-18(3)10-11/h11,16H,4-10H2,1-3H3. The first-order chi connectivity index (χ1) is 9.15. The van der Waals surface area contributed by atoms with Crippen molar-refractivity contribution >= 4 is 11.6 Å². The summed E-state index contributed by atoms with van der Waals surface area (Å²) in [6, 6.07) is 0. The molecule has 0 bridgehead atoms. The number of nitrogens with zero attached hydrogens (tertiary/aromatic N) is 3. The van der Waals surface area contributed by atoms with Gasteiger partial charge in [0.1, 0.15) is 0 Å². The Labute approximate surface area is 121 Å². The minimum atomic E-state index is 0.771. The Kier molecular flexibility index (Phi) is 5.25. The molecule has 0 radical (unpaired) electrons. The lowest BCUT2D eigenvalue weighted by molar-refractivity contribution is 0.387. The van der Waals surface area contributed by atoms with Crippen LogP contribution in [0.25, 0.3) is 0 Å². The van der Waals surface area contributed by atoms with Gasteiger partial charge in [0.25, 0.3) is 0 Å². The minimum absolute atomic E-state index is 0.771. The highest BCUT2D eigenvalue weighted by molar-refractivity contribution is 6.31. The summed E-state index contributed by atoms with van der Waals surface area (Å²) < 4.78 is 2.02. The summed E-state index contributed by atoms with van der Waals surface area (Å²) >= 11 is 6.40. The Morgan fingerprint density at radius 2 is 2.21 bits per heavy atom. The Bertz CT molecular complexity index is 416. The largest absolute Gasteiger partial charge is 0.311 e. The summed E-state index contributed by atoms with van der Waals surface area (Å²) in [4.78, 5) is 2.39. The van der Waals surface area contributed by atoms with E-state index in [-0.39, 0.29) is 0 Å². The van der Waals surface area contributed by atoms with E-state index in [1.54, 1.807) is 0 Å². The third-order valence-corrected chi connectivity index (χ3v) is 4.34. The second-order valence-corrected chi connectivity index (χ2v) is 5.80. The van der Waals surface area contributed by atoms with Crippen molar-refractivity contribution in [3.05, 3.63) is 16.4 Å². The molecule has 2 rings (SSSR count). The lowest BCUT2D eigenvalue weighted by atomic mass is 10.1. The zero-order valence-electron chi connectivity index (χ0n) is 12.2. The average molecular weight is 285 g/mol. The van der Waals surface area contributed by atoms with Crippen LogP contribution in [0.2, 0.25) is 5.02 Å². The van der Waals surface area contributed by atoms with E-state index in [4.69, 9.17) is 11.6 Å². The molecule has 0 aromatic carbocycles. The molecule has 1 aromatic rings. The molecule has 1 aliphatic heterocycles. The SMILES string of the molecule is CCc1nn(CC)c(CNCC2CCN(C)C2)c1Cl. The van der Waals surface area contributed by atoms with Gasteiger partial charge in [0.2, 0.25) is 0 Å². The molecule has 0 spiro atoms. The van der Waals surface area contributed by atoms with E-state index in [0.29, 0.717) is 0 Å². The molecule has 4 nitrogen and oxygen atoms in total. The Morgan fingerprint density at radius 3 is 2.79 bits per heavy atom. The molecule has 1 fully saturated rings. The van der Waals surface area contributed by atoms with Gasteiger partial charge >= 0.3 is 0 Å². The molecule has 1 atom stereocenters. The smallest absolute Gasteiger partial charge is 0.0863 e. The van der Waals surface area contributed by atoms with Gasteiger partial charge in [-0.25, -0.2) is 0 Å². The van der Waals surface area contributed by atoms with Crippen LogP contribution in [0.5, 0.6) is 0 Å². The first-order valence-corrected chi connectivity index (χ1v) is 7.66. The van der Waals surface area contributed by atoms with Crippen molar-refractivity contribution in [2.24, 2.45) is 5.92 Å². The quantitative estimate of drug-likeness (QED) is 0.869. The van der Waals surface area contributed by atoms with Crippen molar-refractivity contribution in [1.82, 2.24) is 20.0 Å². The summed E-state index contributed by atoms with van der Waals surface area (Å²) in [7, 11) is 2.19. The fourth-order valence-electron chi connectivity index (χ4n) is 2.77. The lowest BCUT2D eigenvalue weighted by Crippen LogP contribution is -2.25. The fraction of sp³-hybridized carbons (Fsp3) is 0.786. The number of likely N-dealkylation sites (tertiary alicyclic amines) is 1. The van der Waals surface area contributed by atoms with Crippen molar-refractivity contribution in [3.63, 3.8) is 0 Å². The number of nitrogens with one attached hydrogen (secondary N) is 1. The zero-order chi connectivity index (χ0) is 13.8. The number of aromatic nitrogens is 2. The molecule has 1 aromatic heterocycles. The van der Waals surface area contributed by atoms with Gasteiger partial charge in [-0.1, -0.05) is 18.5 Å². The number of hydrogen-bond acceptors (Lipinski definition) is 3. The molecule has 0 amide bonds. The van der Waals surface area contributed by atoms with Crippen molar-refractivity contribution in [2.75, 3.05) is 26.7 Å². The van der Waals surface area contributed by atoms with Crippen LogP contribution in [0.1, 0.15) is 31.7 Å². The molecule has 2 heterocycles. The van der Waals surface area contributed by atoms with Gasteiger partial charge in [-0.2, -0.15) is 5.10 Å². The molecule has 1 N–H and O–H groups in total. The van der Waals surface area contributed by atoms with Crippen LogP contribution in [0.4, 0.5) is 0 Å². The van der Waals surface area contributed by atoms with Crippen LogP contribution in [-0.2, 0) is 19.5 Å². The molecule has 1 unspecified atom stereocenters. The summed E-state index contributed by atoms with van der Waals surface area (Å²) in [5.41, 5.74) is 2.15. The van der Waals surface area contributed by atoms with Crippen LogP contribution in [0, 0.1) is 5.92 Å². The van der Waals surface area contributed by atoms with Gasteiger partial charge in [-0.05, 0) is 45.8 Å². The maximum atomic E-state index is 6.40. The predicted octanol–water partition coefficient (Wildman–Crippen LogP) is 2.16. The molecular weight excluding hydrogens is 260 g/mol. The molecule has 1 aliphatic rings. The Morgan fingerprint density at radius 1 is 1.42 bits per heavy atom. The van der Waals surface area contributed by atoms with Crippen LogP contribution < -0.4 is 5.32 Å². The summed E-state index contributed by atoms with van der Waals surface area (Å²) in [6.45, 7) is 9.39. The minimum Gasteiger partial charge on any atom is -0.311 e. The number of rotatable bonds is 6. The molecule has 19 heavy (non-hydrogen) atoms. The molecule has 108 valence electrons. The monoisotopic (exact) mass is 284 g/mol. The maximum Gasteiger partial charge on any atom is 0.0863 e. The molecule has 0 saturated carbocycles. The van der Waals surface area contributed by atoms with Crippen LogP contribution in [-0.4, -0.2) is 41.4 Å². The van der Waals surface area contributed by atoms with E-state index in [9.17, 15) is 0 Å². The second kappa shape index (κ2) is 6.73. The highest BCUT2D eigenvalue weighted by Gasteiger charge is 2.19. The number of hydrogen-bond donors (Lipinski definition) is 1. The Balaban J connectivity index is 1.90. The normalized spacial score (nSPS) is 20.3. The molecule has 0 aliphatic carbocycles. The van der Waals surface area contributed by atoms with Crippen molar-refractivity contribution in [1.29, 1.82) is 0 Å². The third-order valence-electron chi connectivity index (χ3n) is 3.91. The fourth-order valence-corrected chi connectivity index (χ4v) is 3.11. The van der Waals surface area contributed by atoms with Gasteiger partial charge in [0.15, 0.2) is 0 Å². The molecule has 5 heteroatoms. The van der Waals surface area contributed by atoms with Crippen molar-refractivity contribution in [3.8, 4) is 0 Å². The van der Waals surface area contributed by atoms with E-state index in [0.717, 1.165) is 48.4 Å². The van der Waals surface area contributed by atoms with Crippen molar-refractivity contribution in [2.45, 2.75) is 39.8 Å². The zero-order valence-corrected chi connectivity index (χ0v) is 13.0. The predicted molar refractivity (Wildman–Crippen MR) is 79.6 cm³/mol. The van der Waals surface area contributed by atoms with Crippen LogP contribution in [0.3, 0.4) is 0 Å². The van der Waals surface area contributed by atoms with Crippen molar-refractivity contribution < 1.29 is 0 Å². The summed E-state index contributed by atoms with van der Waals surface area (Å²) in [5, 5.41) is 8.94. The number of halogens is 1. The van der Waals surface area contributed by atoms with E-state index in [1.807, 2.05) is 4.68 Å². The second-order valence-electron chi connectivity index (χ2n) is 5.42. The third kappa shape index (κ3) is 3.50. The van der Waals surface area contributed by atoms with Gasteiger partial charge in [0.05, 0.1) is 16.4 Å². The molecular formula is C14H25ClN4. The first-order valence-electron chi connectivity index (χ1n) is 7.29. The number of aryl methyl sites for hydroxylation is 2. The van der Waals surface area contributed by atoms with E-state index >= 15 is 0 Å². The summed E-state index contributed by atoms with van der Waals surface area (Å²) in [6.07, 6.45) is 2.19. The first kappa shape index (κ1) is 14.8. The van der Waals surface area contributed by atoms with Gasteiger partial charge in [0, 0.05) is 19.6 Å². The highest BCUT2D eigenvalue weighted by atomic mass is 35.5. The lowest BCUT2D eigenvalue weighted by Gasteiger charge is -2.12. The molecule has 1 saturated heterocycles. The van der Waals surface area contributed by atoms with Gasteiger partial charge in [-0.15, -0.1) is 0 Å². The topological polar surface area (TPSA) is 33.1 Å².